The highest BCUT2D eigenvalue weighted by atomic mass is 32.2. The van der Waals surface area contributed by atoms with Gasteiger partial charge in [0.1, 0.15) is 0 Å². The Kier molecular flexibility index (Phi) is 5.61. The fraction of sp³-hybridized carbons (Fsp3) is 0.263. The van der Waals surface area contributed by atoms with Gasteiger partial charge in [-0.05, 0) is 68.3 Å². The molecule has 0 aliphatic carbocycles. The zero-order valence-corrected chi connectivity index (χ0v) is 14.7. The van der Waals surface area contributed by atoms with Crippen LogP contribution in [-0.4, -0.2) is 16.9 Å². The maximum Gasteiger partial charge on any atom is 0.221 e. The number of hydrogen-bond donors (Lipinski definition) is 1. The van der Waals surface area contributed by atoms with E-state index in [1.54, 1.807) is 36.0 Å². The van der Waals surface area contributed by atoms with Crippen LogP contribution in [0.2, 0.25) is 0 Å². The molecule has 0 bridgehead atoms. The van der Waals surface area contributed by atoms with Gasteiger partial charge >= 0.3 is 0 Å². The zero-order chi connectivity index (χ0) is 17.0. The topological polar surface area (TPSA) is 46.2 Å². The van der Waals surface area contributed by atoms with E-state index in [9.17, 15) is 9.59 Å². The van der Waals surface area contributed by atoms with Gasteiger partial charge in [0, 0.05) is 23.1 Å². The van der Waals surface area contributed by atoms with Crippen molar-refractivity contribution in [3.8, 4) is 0 Å². The Labute approximate surface area is 141 Å². The summed E-state index contributed by atoms with van der Waals surface area (Å²) in [7, 11) is 0. The third kappa shape index (κ3) is 4.70. The van der Waals surface area contributed by atoms with E-state index in [1.807, 2.05) is 6.92 Å². The average molecular weight is 327 g/mol. The second-order valence-corrected chi connectivity index (χ2v) is 7.04. The van der Waals surface area contributed by atoms with E-state index in [0.29, 0.717) is 11.3 Å². The van der Waals surface area contributed by atoms with E-state index in [1.165, 1.54) is 18.1 Å². The largest absolute Gasteiger partial charge is 0.326 e. The minimum Gasteiger partial charge on any atom is -0.326 e. The van der Waals surface area contributed by atoms with Gasteiger partial charge in [-0.1, -0.05) is 6.07 Å². The van der Waals surface area contributed by atoms with Crippen LogP contribution in [0.15, 0.2) is 47.4 Å². The Bertz CT molecular complexity index is 723. The summed E-state index contributed by atoms with van der Waals surface area (Å²) >= 11 is 1.56. The van der Waals surface area contributed by atoms with Gasteiger partial charge in [-0.25, -0.2) is 0 Å². The lowest BCUT2D eigenvalue weighted by Crippen LogP contribution is -2.13. The fourth-order valence-electron chi connectivity index (χ4n) is 2.20. The van der Waals surface area contributed by atoms with Gasteiger partial charge in [-0.2, -0.15) is 0 Å². The summed E-state index contributed by atoms with van der Waals surface area (Å²) in [5, 5.41) is 2.53. The maximum absolute atomic E-state index is 12.5. The number of hydrogen-bond acceptors (Lipinski definition) is 3. The van der Waals surface area contributed by atoms with Gasteiger partial charge < -0.3 is 5.32 Å². The summed E-state index contributed by atoms with van der Waals surface area (Å²) in [5.41, 5.74) is 3.84. The Morgan fingerprint density at radius 2 is 1.65 bits per heavy atom. The van der Waals surface area contributed by atoms with Crippen LogP contribution < -0.4 is 5.32 Å². The standard InChI is InChI=1S/C19H21NO2S/c1-12-5-10-18(11-13(12)2)23-14(3)19(22)16-6-8-17(9-7-16)20-15(4)21/h5-11,14H,1-4H3,(H,20,21). The van der Waals surface area contributed by atoms with E-state index in [0.717, 1.165) is 4.90 Å². The third-order valence-electron chi connectivity index (χ3n) is 3.65. The summed E-state index contributed by atoms with van der Waals surface area (Å²) in [4.78, 5) is 24.6. The predicted octanol–water partition coefficient (Wildman–Crippen LogP) is 4.63. The van der Waals surface area contributed by atoms with Gasteiger partial charge in [0.25, 0.3) is 0 Å². The second kappa shape index (κ2) is 7.47. The molecule has 1 N–H and O–H groups in total. The fourth-order valence-corrected chi connectivity index (χ4v) is 3.24. The number of benzene rings is 2. The Morgan fingerprint density at radius 1 is 1.00 bits per heavy atom. The first-order chi connectivity index (χ1) is 10.9. The number of Topliss-reactive ketones (excluding diaryl/α,β-unsaturated/α-hetero) is 1. The van der Waals surface area contributed by atoms with Crippen LogP contribution in [0.4, 0.5) is 5.69 Å². The molecule has 4 heteroatoms. The van der Waals surface area contributed by atoms with E-state index >= 15 is 0 Å². The highest BCUT2D eigenvalue weighted by Gasteiger charge is 2.16. The van der Waals surface area contributed by atoms with Crippen LogP contribution in [0.1, 0.15) is 35.3 Å². The van der Waals surface area contributed by atoms with E-state index in [-0.39, 0.29) is 16.9 Å². The van der Waals surface area contributed by atoms with Crippen LogP contribution >= 0.6 is 11.8 Å². The van der Waals surface area contributed by atoms with Crippen molar-refractivity contribution in [3.63, 3.8) is 0 Å². The Morgan fingerprint density at radius 3 is 2.22 bits per heavy atom. The molecule has 0 aliphatic heterocycles. The van der Waals surface area contributed by atoms with Gasteiger partial charge in [-0.15, -0.1) is 11.8 Å². The number of rotatable bonds is 5. The van der Waals surface area contributed by atoms with Crippen molar-refractivity contribution in [1.29, 1.82) is 0 Å². The van der Waals surface area contributed by atoms with Crippen molar-refractivity contribution in [3.05, 3.63) is 59.2 Å². The quantitative estimate of drug-likeness (QED) is 0.643. The Hall–Kier alpha value is -2.07. The number of aryl methyl sites for hydroxylation is 2. The second-order valence-electron chi connectivity index (χ2n) is 5.63. The van der Waals surface area contributed by atoms with Crippen molar-refractivity contribution in [2.45, 2.75) is 37.8 Å². The molecule has 1 atom stereocenters. The number of thioether (sulfide) groups is 1. The third-order valence-corrected chi connectivity index (χ3v) is 4.74. The molecule has 1 unspecified atom stereocenters. The number of carbonyl (C=O) groups is 2. The van der Waals surface area contributed by atoms with Crippen LogP contribution in [-0.2, 0) is 4.79 Å². The summed E-state index contributed by atoms with van der Waals surface area (Å²) in [6, 6.07) is 13.3. The summed E-state index contributed by atoms with van der Waals surface area (Å²) in [5.74, 6) is -0.0367. The molecule has 0 radical (unpaired) electrons. The molecule has 3 nitrogen and oxygen atoms in total. The summed E-state index contributed by atoms with van der Waals surface area (Å²) in [6.45, 7) is 7.53. The monoisotopic (exact) mass is 327 g/mol. The normalized spacial score (nSPS) is 11.8. The van der Waals surface area contributed by atoms with Crippen LogP contribution in [0.5, 0.6) is 0 Å². The lowest BCUT2D eigenvalue weighted by molar-refractivity contribution is -0.114. The first kappa shape index (κ1) is 17.3. The molecule has 0 spiro atoms. The number of nitrogens with one attached hydrogen (secondary N) is 1. The lowest BCUT2D eigenvalue weighted by Gasteiger charge is -2.12. The maximum atomic E-state index is 12.5. The van der Waals surface area contributed by atoms with Crippen LogP contribution in [0.3, 0.4) is 0 Å². The molecule has 2 aromatic carbocycles. The van der Waals surface area contributed by atoms with Crippen molar-refractivity contribution in [2.75, 3.05) is 5.32 Å². The molecule has 0 fully saturated rings. The van der Waals surface area contributed by atoms with Crippen LogP contribution in [0.25, 0.3) is 0 Å². The van der Waals surface area contributed by atoms with E-state index < -0.39 is 0 Å². The van der Waals surface area contributed by atoms with Crippen molar-refractivity contribution in [1.82, 2.24) is 0 Å². The van der Waals surface area contributed by atoms with Crippen molar-refractivity contribution >= 4 is 29.1 Å². The molecule has 2 aromatic rings. The molecule has 0 aromatic heterocycles. The van der Waals surface area contributed by atoms with Gasteiger partial charge in [-0.3, -0.25) is 9.59 Å². The molecule has 120 valence electrons. The molecule has 0 heterocycles. The van der Waals surface area contributed by atoms with Crippen molar-refractivity contribution in [2.24, 2.45) is 0 Å². The number of carbonyl (C=O) groups excluding carboxylic acids is 2. The number of amides is 1. The first-order valence-electron chi connectivity index (χ1n) is 7.52. The lowest BCUT2D eigenvalue weighted by atomic mass is 10.1. The van der Waals surface area contributed by atoms with E-state index in [2.05, 4.69) is 37.4 Å². The molecule has 0 saturated heterocycles. The van der Waals surface area contributed by atoms with E-state index in [4.69, 9.17) is 0 Å². The molecule has 0 aliphatic rings. The van der Waals surface area contributed by atoms with Crippen molar-refractivity contribution < 1.29 is 9.59 Å². The highest BCUT2D eigenvalue weighted by Crippen LogP contribution is 2.27. The molecule has 23 heavy (non-hydrogen) atoms. The molecule has 1 amide bonds. The van der Waals surface area contributed by atoms with Gasteiger partial charge in [0.05, 0.1) is 5.25 Å². The minimum atomic E-state index is -0.163. The number of ketones is 1. The number of anilines is 1. The molecule has 0 saturated carbocycles. The first-order valence-corrected chi connectivity index (χ1v) is 8.40. The predicted molar refractivity (Wildman–Crippen MR) is 96.3 cm³/mol. The summed E-state index contributed by atoms with van der Waals surface area (Å²) < 4.78 is 0. The minimum absolute atomic E-state index is 0.0857. The molecular weight excluding hydrogens is 306 g/mol. The highest BCUT2D eigenvalue weighted by molar-refractivity contribution is 8.00. The van der Waals surface area contributed by atoms with Gasteiger partial charge in [0.15, 0.2) is 5.78 Å². The van der Waals surface area contributed by atoms with Gasteiger partial charge in [0.2, 0.25) is 5.91 Å². The van der Waals surface area contributed by atoms with Crippen LogP contribution in [0, 0.1) is 13.8 Å². The smallest absolute Gasteiger partial charge is 0.221 e. The zero-order valence-electron chi connectivity index (χ0n) is 13.8. The Balaban J connectivity index is 2.06. The summed E-state index contributed by atoms with van der Waals surface area (Å²) in [6.07, 6.45) is 0. The SMILES string of the molecule is CC(=O)Nc1ccc(C(=O)C(C)Sc2ccc(C)c(C)c2)cc1. The average Bonchev–Trinajstić information content (AvgIpc) is 2.50. The molecule has 2 rings (SSSR count). The molecular formula is C19H21NO2S.